The van der Waals surface area contributed by atoms with Crippen LogP contribution in [0.25, 0.3) is 0 Å². The van der Waals surface area contributed by atoms with Gasteiger partial charge in [0.25, 0.3) is 0 Å². The normalized spacial score (nSPS) is 19.6. The van der Waals surface area contributed by atoms with E-state index in [9.17, 15) is 13.2 Å². The van der Waals surface area contributed by atoms with Crippen molar-refractivity contribution in [2.45, 2.75) is 6.54 Å². The van der Waals surface area contributed by atoms with Gasteiger partial charge in [0.2, 0.25) is 0 Å². The molecule has 0 bridgehead atoms. The highest BCUT2D eigenvalue weighted by atomic mass is 32.2. The predicted octanol–water partition coefficient (Wildman–Crippen LogP) is 0.615. The van der Waals surface area contributed by atoms with Crippen LogP contribution in [0.1, 0.15) is 15.9 Å². The van der Waals surface area contributed by atoms with E-state index >= 15 is 0 Å². The minimum absolute atomic E-state index is 0.186. The van der Waals surface area contributed by atoms with Crippen molar-refractivity contribution in [1.82, 2.24) is 4.90 Å². The van der Waals surface area contributed by atoms with Gasteiger partial charge < -0.3 is 5.11 Å². The highest BCUT2D eigenvalue weighted by molar-refractivity contribution is 7.91. The summed E-state index contributed by atoms with van der Waals surface area (Å²) in [6.45, 7) is 1.62. The lowest BCUT2D eigenvalue weighted by Crippen LogP contribution is -2.39. The van der Waals surface area contributed by atoms with E-state index < -0.39 is 15.8 Å². The number of carboxylic acids is 1. The summed E-state index contributed by atoms with van der Waals surface area (Å²) in [6, 6.07) is 6.74. The van der Waals surface area contributed by atoms with E-state index in [0.29, 0.717) is 19.6 Å². The number of nitrogens with zero attached hydrogens (tertiary/aromatic N) is 1. The molecule has 98 valence electrons. The van der Waals surface area contributed by atoms with Crippen LogP contribution in [0.15, 0.2) is 24.3 Å². The molecule has 1 aliphatic rings. The zero-order valence-electron chi connectivity index (χ0n) is 9.87. The van der Waals surface area contributed by atoms with Crippen LogP contribution in [0.5, 0.6) is 0 Å². The third kappa shape index (κ3) is 3.30. The van der Waals surface area contributed by atoms with Crippen molar-refractivity contribution in [2.24, 2.45) is 0 Å². The van der Waals surface area contributed by atoms with Gasteiger partial charge in [0, 0.05) is 19.6 Å². The Hall–Kier alpha value is -1.40. The second-order valence-corrected chi connectivity index (χ2v) is 6.74. The first-order chi connectivity index (χ1) is 8.46. The average molecular weight is 269 g/mol. The zero-order chi connectivity index (χ0) is 13.2. The van der Waals surface area contributed by atoms with Gasteiger partial charge in [0.15, 0.2) is 9.84 Å². The summed E-state index contributed by atoms with van der Waals surface area (Å²) in [4.78, 5) is 12.9. The lowest BCUT2D eigenvalue weighted by molar-refractivity contribution is 0.0696. The maximum atomic E-state index is 11.3. The summed E-state index contributed by atoms with van der Waals surface area (Å²) in [6.07, 6.45) is 0. The topological polar surface area (TPSA) is 74.7 Å². The number of hydrogen-bond acceptors (Lipinski definition) is 4. The molecular formula is C12H15NO4S. The molecular weight excluding hydrogens is 254 g/mol. The van der Waals surface area contributed by atoms with Gasteiger partial charge >= 0.3 is 5.97 Å². The van der Waals surface area contributed by atoms with E-state index in [1.807, 2.05) is 11.0 Å². The molecule has 1 aromatic carbocycles. The summed E-state index contributed by atoms with van der Waals surface area (Å²) in [5, 5.41) is 8.89. The molecule has 0 spiro atoms. The van der Waals surface area contributed by atoms with Crippen molar-refractivity contribution in [2.75, 3.05) is 24.6 Å². The Morgan fingerprint density at radius 3 is 2.56 bits per heavy atom. The molecule has 6 heteroatoms. The summed E-state index contributed by atoms with van der Waals surface area (Å²) < 4.78 is 22.6. The average Bonchev–Trinajstić information content (AvgIpc) is 2.32. The first-order valence-corrected chi connectivity index (χ1v) is 7.53. The number of benzene rings is 1. The Bertz CT molecular complexity index is 539. The number of rotatable bonds is 3. The summed E-state index contributed by atoms with van der Waals surface area (Å²) in [7, 11) is -2.87. The Labute approximate surface area is 106 Å². The van der Waals surface area contributed by atoms with Crippen LogP contribution >= 0.6 is 0 Å². The second kappa shape index (κ2) is 5.07. The van der Waals surface area contributed by atoms with E-state index in [0.717, 1.165) is 5.56 Å². The summed E-state index contributed by atoms with van der Waals surface area (Å²) >= 11 is 0. The van der Waals surface area contributed by atoms with Gasteiger partial charge in [-0.05, 0) is 17.7 Å². The van der Waals surface area contributed by atoms with Gasteiger partial charge in [0.05, 0.1) is 17.1 Å². The SMILES string of the molecule is O=C(O)c1cccc(CN2CCS(=O)(=O)CC2)c1. The fourth-order valence-electron chi connectivity index (χ4n) is 1.97. The molecule has 18 heavy (non-hydrogen) atoms. The van der Waals surface area contributed by atoms with E-state index in [1.165, 1.54) is 0 Å². The largest absolute Gasteiger partial charge is 0.478 e. The minimum Gasteiger partial charge on any atom is -0.478 e. The number of sulfone groups is 1. The van der Waals surface area contributed by atoms with E-state index in [2.05, 4.69) is 0 Å². The molecule has 0 aliphatic carbocycles. The molecule has 2 rings (SSSR count). The van der Waals surface area contributed by atoms with Crippen LogP contribution in [0.4, 0.5) is 0 Å². The van der Waals surface area contributed by atoms with Gasteiger partial charge in [-0.3, -0.25) is 4.90 Å². The van der Waals surface area contributed by atoms with Crippen LogP contribution in [0, 0.1) is 0 Å². The summed E-state index contributed by atoms with van der Waals surface area (Å²) in [5.74, 6) is -0.574. The van der Waals surface area contributed by atoms with Crippen LogP contribution in [-0.4, -0.2) is 49.0 Å². The second-order valence-electron chi connectivity index (χ2n) is 4.43. The molecule has 0 saturated carbocycles. The van der Waals surface area contributed by atoms with Crippen LogP contribution in [-0.2, 0) is 16.4 Å². The van der Waals surface area contributed by atoms with Crippen molar-refractivity contribution in [3.05, 3.63) is 35.4 Å². The maximum Gasteiger partial charge on any atom is 0.335 e. The lowest BCUT2D eigenvalue weighted by atomic mass is 10.1. The highest BCUT2D eigenvalue weighted by Gasteiger charge is 2.21. The molecule has 1 saturated heterocycles. The highest BCUT2D eigenvalue weighted by Crippen LogP contribution is 2.11. The quantitative estimate of drug-likeness (QED) is 0.870. The smallest absolute Gasteiger partial charge is 0.335 e. The van der Waals surface area contributed by atoms with Crippen LogP contribution in [0.2, 0.25) is 0 Å². The van der Waals surface area contributed by atoms with Crippen molar-refractivity contribution in [1.29, 1.82) is 0 Å². The van der Waals surface area contributed by atoms with E-state index in [4.69, 9.17) is 5.11 Å². The fourth-order valence-corrected chi connectivity index (χ4v) is 3.25. The van der Waals surface area contributed by atoms with Gasteiger partial charge in [-0.2, -0.15) is 0 Å². The number of aromatic carboxylic acids is 1. The van der Waals surface area contributed by atoms with Gasteiger partial charge in [0.1, 0.15) is 0 Å². The molecule has 1 aliphatic heterocycles. The summed E-state index contributed by atoms with van der Waals surface area (Å²) in [5.41, 5.74) is 1.16. The molecule has 5 nitrogen and oxygen atoms in total. The van der Waals surface area contributed by atoms with Gasteiger partial charge in [-0.1, -0.05) is 12.1 Å². The first-order valence-electron chi connectivity index (χ1n) is 5.71. The fraction of sp³-hybridized carbons (Fsp3) is 0.417. The molecule has 0 amide bonds. The molecule has 0 radical (unpaired) electrons. The molecule has 0 unspecified atom stereocenters. The van der Waals surface area contributed by atoms with E-state index in [-0.39, 0.29) is 17.1 Å². The molecule has 1 fully saturated rings. The molecule has 1 N–H and O–H groups in total. The monoisotopic (exact) mass is 269 g/mol. The molecule has 0 atom stereocenters. The van der Waals surface area contributed by atoms with Crippen molar-refractivity contribution < 1.29 is 18.3 Å². The molecule has 1 aromatic rings. The van der Waals surface area contributed by atoms with Crippen molar-refractivity contribution >= 4 is 15.8 Å². The van der Waals surface area contributed by atoms with Crippen molar-refractivity contribution in [3.8, 4) is 0 Å². The van der Waals surface area contributed by atoms with Gasteiger partial charge in [-0.15, -0.1) is 0 Å². The predicted molar refractivity (Wildman–Crippen MR) is 67.3 cm³/mol. The number of carbonyl (C=O) groups is 1. The first kappa shape index (κ1) is 13.0. The standard InChI is InChI=1S/C12H15NO4S/c14-12(15)11-3-1-2-10(8-11)9-13-4-6-18(16,17)7-5-13/h1-3,8H,4-7,9H2,(H,14,15). The maximum absolute atomic E-state index is 11.3. The number of carboxylic acid groups (broad SMARTS) is 1. The Balaban J connectivity index is 2.02. The lowest BCUT2D eigenvalue weighted by Gasteiger charge is -2.26. The zero-order valence-corrected chi connectivity index (χ0v) is 10.7. The van der Waals surface area contributed by atoms with Crippen LogP contribution in [0.3, 0.4) is 0 Å². The Morgan fingerprint density at radius 2 is 1.94 bits per heavy atom. The third-order valence-electron chi connectivity index (χ3n) is 3.02. The molecule has 0 aromatic heterocycles. The van der Waals surface area contributed by atoms with Crippen LogP contribution < -0.4 is 0 Å². The minimum atomic E-state index is -2.87. The Kier molecular flexibility index (Phi) is 3.68. The third-order valence-corrected chi connectivity index (χ3v) is 4.63. The van der Waals surface area contributed by atoms with Gasteiger partial charge in [-0.25, -0.2) is 13.2 Å². The molecule has 1 heterocycles. The van der Waals surface area contributed by atoms with E-state index in [1.54, 1.807) is 18.2 Å². The van der Waals surface area contributed by atoms with Crippen molar-refractivity contribution in [3.63, 3.8) is 0 Å². The Morgan fingerprint density at radius 1 is 1.28 bits per heavy atom. The number of hydrogen-bond donors (Lipinski definition) is 1.